The maximum absolute atomic E-state index is 12.9. The zero-order chi connectivity index (χ0) is 23.0. The fourth-order valence-electron chi connectivity index (χ4n) is 2.66. The van der Waals surface area contributed by atoms with Gasteiger partial charge in [-0.2, -0.15) is 0 Å². The van der Waals surface area contributed by atoms with Gasteiger partial charge in [-0.1, -0.05) is 30.3 Å². The van der Waals surface area contributed by atoms with Gasteiger partial charge in [-0.05, 0) is 31.5 Å². The van der Waals surface area contributed by atoms with Gasteiger partial charge >= 0.3 is 0 Å². The predicted molar refractivity (Wildman–Crippen MR) is 115 cm³/mol. The molecule has 0 fully saturated rings. The molecule has 5 N–H and O–H groups in total. The van der Waals surface area contributed by atoms with Gasteiger partial charge in [0.2, 0.25) is 17.7 Å². The molecule has 0 aliphatic heterocycles. The van der Waals surface area contributed by atoms with Crippen LogP contribution in [0.1, 0.15) is 19.4 Å². The highest BCUT2D eigenvalue weighted by Gasteiger charge is 2.25. The van der Waals surface area contributed by atoms with Gasteiger partial charge in [-0.25, -0.2) is 0 Å². The van der Waals surface area contributed by atoms with Crippen molar-refractivity contribution in [1.29, 1.82) is 0 Å². The van der Waals surface area contributed by atoms with E-state index in [9.17, 15) is 24.5 Å². The molecule has 10 heteroatoms. The minimum atomic E-state index is -0.945. The van der Waals surface area contributed by atoms with Gasteiger partial charge in [0.05, 0.1) is 11.0 Å². The second-order valence-corrected chi connectivity index (χ2v) is 7.06. The molecule has 164 valence electrons. The molecule has 0 aromatic heterocycles. The Balaban J connectivity index is 2.13. The van der Waals surface area contributed by atoms with Crippen molar-refractivity contribution in [3.05, 3.63) is 70.3 Å². The molecular weight excluding hydrogens is 402 g/mol. The number of benzene rings is 2. The van der Waals surface area contributed by atoms with Gasteiger partial charge in [0.25, 0.3) is 5.69 Å². The van der Waals surface area contributed by atoms with Crippen LogP contribution in [0.2, 0.25) is 0 Å². The van der Waals surface area contributed by atoms with Gasteiger partial charge in [0.15, 0.2) is 0 Å². The van der Waals surface area contributed by atoms with E-state index in [1.165, 1.54) is 38.1 Å². The van der Waals surface area contributed by atoms with E-state index < -0.39 is 40.8 Å². The molecular formula is C21H25N5O5. The third kappa shape index (κ3) is 7.19. The van der Waals surface area contributed by atoms with Crippen molar-refractivity contribution in [3.8, 4) is 0 Å². The number of nitro benzene ring substituents is 1. The van der Waals surface area contributed by atoms with Gasteiger partial charge in [0.1, 0.15) is 12.1 Å². The number of hydrogen-bond acceptors (Lipinski definition) is 6. The SMILES string of the molecule is CC(N)C(=O)NC(C)C(=O)NC(Cc1ccccc1)C(=O)Nc1ccc([N+](=O)[O-])cc1. The molecule has 10 nitrogen and oxygen atoms in total. The lowest BCUT2D eigenvalue weighted by atomic mass is 10.0. The van der Waals surface area contributed by atoms with E-state index in [4.69, 9.17) is 5.73 Å². The first-order chi connectivity index (χ1) is 14.7. The third-order valence-electron chi connectivity index (χ3n) is 4.43. The fourth-order valence-corrected chi connectivity index (χ4v) is 2.66. The van der Waals surface area contributed by atoms with Crippen molar-refractivity contribution >= 4 is 29.1 Å². The molecule has 2 aromatic rings. The molecule has 3 atom stereocenters. The topological polar surface area (TPSA) is 156 Å². The van der Waals surface area contributed by atoms with E-state index in [1.54, 1.807) is 0 Å². The number of non-ortho nitro benzene ring substituents is 1. The number of nitro groups is 1. The quantitative estimate of drug-likeness (QED) is 0.347. The number of rotatable bonds is 9. The second-order valence-electron chi connectivity index (χ2n) is 7.06. The van der Waals surface area contributed by atoms with Crippen LogP contribution in [0.15, 0.2) is 54.6 Å². The van der Waals surface area contributed by atoms with Crippen LogP contribution >= 0.6 is 0 Å². The summed E-state index contributed by atoms with van der Waals surface area (Å²) < 4.78 is 0. The van der Waals surface area contributed by atoms with Crippen LogP contribution in [0.3, 0.4) is 0 Å². The number of nitrogens with one attached hydrogen (secondary N) is 3. The molecule has 0 bridgehead atoms. The van der Waals surface area contributed by atoms with Crippen LogP contribution < -0.4 is 21.7 Å². The van der Waals surface area contributed by atoms with Crippen molar-refractivity contribution in [3.63, 3.8) is 0 Å². The largest absolute Gasteiger partial charge is 0.343 e. The second kappa shape index (κ2) is 10.8. The number of carbonyl (C=O) groups is 3. The summed E-state index contributed by atoms with van der Waals surface area (Å²) in [6.07, 6.45) is 0.208. The number of anilines is 1. The standard InChI is InChI=1S/C21H25N5O5/c1-13(22)19(27)23-14(2)20(28)25-18(12-15-6-4-3-5-7-15)21(29)24-16-8-10-17(11-9-16)26(30)31/h3-11,13-14,18H,12,22H2,1-2H3,(H,23,27)(H,24,29)(H,25,28). The molecule has 0 radical (unpaired) electrons. The molecule has 0 heterocycles. The first-order valence-corrected chi connectivity index (χ1v) is 9.63. The van der Waals surface area contributed by atoms with Crippen LogP contribution in [0.25, 0.3) is 0 Å². The molecule has 2 aromatic carbocycles. The Morgan fingerprint density at radius 3 is 2.10 bits per heavy atom. The van der Waals surface area contributed by atoms with Crippen molar-refractivity contribution in [2.45, 2.75) is 38.4 Å². The molecule has 2 rings (SSSR count). The molecule has 3 unspecified atom stereocenters. The Morgan fingerprint density at radius 1 is 0.935 bits per heavy atom. The van der Waals surface area contributed by atoms with E-state index in [-0.39, 0.29) is 12.1 Å². The maximum Gasteiger partial charge on any atom is 0.269 e. The zero-order valence-corrected chi connectivity index (χ0v) is 17.2. The summed E-state index contributed by atoms with van der Waals surface area (Å²) >= 11 is 0. The smallest absolute Gasteiger partial charge is 0.269 e. The molecule has 3 amide bonds. The van der Waals surface area contributed by atoms with Crippen LogP contribution in [-0.2, 0) is 20.8 Å². The van der Waals surface area contributed by atoms with E-state index in [0.717, 1.165) is 5.56 Å². The van der Waals surface area contributed by atoms with Gasteiger partial charge in [0, 0.05) is 24.2 Å². The van der Waals surface area contributed by atoms with Crippen molar-refractivity contribution in [2.24, 2.45) is 5.73 Å². The molecule has 0 spiro atoms. The minimum absolute atomic E-state index is 0.106. The maximum atomic E-state index is 12.9. The minimum Gasteiger partial charge on any atom is -0.343 e. The van der Waals surface area contributed by atoms with E-state index in [1.807, 2.05) is 30.3 Å². The Morgan fingerprint density at radius 2 is 1.55 bits per heavy atom. The Hall–Kier alpha value is -3.79. The van der Waals surface area contributed by atoms with Crippen molar-refractivity contribution in [2.75, 3.05) is 5.32 Å². The molecule has 31 heavy (non-hydrogen) atoms. The van der Waals surface area contributed by atoms with E-state index in [2.05, 4.69) is 16.0 Å². The lowest BCUT2D eigenvalue weighted by Gasteiger charge is -2.22. The third-order valence-corrected chi connectivity index (χ3v) is 4.43. The summed E-state index contributed by atoms with van der Waals surface area (Å²) in [6.45, 7) is 2.99. The van der Waals surface area contributed by atoms with Crippen molar-refractivity contribution in [1.82, 2.24) is 10.6 Å². The average molecular weight is 427 g/mol. The first kappa shape index (κ1) is 23.5. The number of hydrogen-bond donors (Lipinski definition) is 4. The van der Waals surface area contributed by atoms with Crippen molar-refractivity contribution < 1.29 is 19.3 Å². The Labute approximate surface area is 179 Å². The highest BCUT2D eigenvalue weighted by molar-refractivity contribution is 5.98. The Bertz CT molecular complexity index is 931. The molecule has 0 aliphatic carbocycles. The summed E-state index contributed by atoms with van der Waals surface area (Å²) in [7, 11) is 0. The van der Waals surface area contributed by atoms with E-state index >= 15 is 0 Å². The van der Waals surface area contributed by atoms with Crippen LogP contribution in [0.4, 0.5) is 11.4 Å². The van der Waals surface area contributed by atoms with Gasteiger partial charge < -0.3 is 21.7 Å². The normalized spacial score (nSPS) is 13.4. The van der Waals surface area contributed by atoms with Gasteiger partial charge in [-0.15, -0.1) is 0 Å². The molecule has 0 aliphatic rings. The van der Waals surface area contributed by atoms with Crippen LogP contribution in [-0.4, -0.2) is 40.8 Å². The zero-order valence-electron chi connectivity index (χ0n) is 17.2. The number of carbonyl (C=O) groups excluding carboxylic acids is 3. The first-order valence-electron chi connectivity index (χ1n) is 9.63. The number of nitrogens with two attached hydrogens (primary N) is 1. The summed E-state index contributed by atoms with van der Waals surface area (Å²) in [5.74, 6) is -1.54. The summed E-state index contributed by atoms with van der Waals surface area (Å²) in [6, 6.07) is 11.8. The lowest BCUT2D eigenvalue weighted by molar-refractivity contribution is -0.384. The van der Waals surface area contributed by atoms with Gasteiger partial charge in [-0.3, -0.25) is 24.5 Å². The predicted octanol–water partition coefficient (Wildman–Crippen LogP) is 1.11. The average Bonchev–Trinajstić information content (AvgIpc) is 2.74. The molecule has 0 saturated carbocycles. The summed E-state index contributed by atoms with van der Waals surface area (Å²) in [5, 5.41) is 18.6. The highest BCUT2D eigenvalue weighted by Crippen LogP contribution is 2.16. The van der Waals surface area contributed by atoms with Crippen LogP contribution in [0, 0.1) is 10.1 Å². The van der Waals surface area contributed by atoms with Crippen LogP contribution in [0.5, 0.6) is 0 Å². The lowest BCUT2D eigenvalue weighted by Crippen LogP contribution is -2.54. The monoisotopic (exact) mass is 427 g/mol. The molecule has 0 saturated heterocycles. The fraction of sp³-hybridized carbons (Fsp3) is 0.286. The summed E-state index contributed by atoms with van der Waals surface area (Å²) in [4.78, 5) is 47.4. The summed E-state index contributed by atoms with van der Waals surface area (Å²) in [5.41, 5.74) is 6.56. The number of amides is 3. The number of nitrogens with zero attached hydrogens (tertiary/aromatic N) is 1. The van der Waals surface area contributed by atoms with E-state index in [0.29, 0.717) is 5.69 Å². The Kier molecular flexibility index (Phi) is 8.21. The highest BCUT2D eigenvalue weighted by atomic mass is 16.6.